The molecule has 1 aliphatic rings. The number of halogens is 2. The largest absolute Gasteiger partial charge is 0.451 e. The summed E-state index contributed by atoms with van der Waals surface area (Å²) in [6.07, 6.45) is 3.45. The van der Waals surface area contributed by atoms with Gasteiger partial charge in [-0.3, -0.25) is 9.13 Å². The number of piperidine rings is 1. The first kappa shape index (κ1) is 20.2. The fourth-order valence-corrected chi connectivity index (χ4v) is 4.20. The number of rotatable bonds is 4. The minimum absolute atomic E-state index is 0.00781. The fraction of sp³-hybridized carbons (Fsp3) is 0.217. The van der Waals surface area contributed by atoms with Gasteiger partial charge in [0.15, 0.2) is 17.4 Å². The number of benzene rings is 2. The van der Waals surface area contributed by atoms with Crippen LogP contribution >= 0.6 is 0 Å². The number of nitrogens with two attached hydrogens (primary N) is 1. The number of fused-ring (bicyclic) bond motifs is 1. The van der Waals surface area contributed by atoms with Crippen LogP contribution in [0.15, 0.2) is 59.5 Å². The minimum Gasteiger partial charge on any atom is -0.451 e. The Kier molecular flexibility index (Phi) is 5.10. The second-order valence-corrected chi connectivity index (χ2v) is 7.70. The van der Waals surface area contributed by atoms with Crippen LogP contribution in [0.2, 0.25) is 0 Å². The van der Waals surface area contributed by atoms with Crippen molar-refractivity contribution in [1.82, 2.24) is 19.4 Å². The van der Waals surface area contributed by atoms with Gasteiger partial charge in [-0.15, -0.1) is 0 Å². The molecule has 2 aromatic heterocycles. The molecule has 2 aromatic carbocycles. The molecule has 0 aliphatic carbocycles. The van der Waals surface area contributed by atoms with Crippen molar-refractivity contribution in [2.75, 3.05) is 18.8 Å². The van der Waals surface area contributed by atoms with E-state index in [1.165, 1.54) is 10.6 Å². The van der Waals surface area contributed by atoms with E-state index >= 15 is 0 Å². The second kappa shape index (κ2) is 8.08. The van der Waals surface area contributed by atoms with Gasteiger partial charge < -0.3 is 15.8 Å². The molecule has 4 aromatic rings. The quantitative estimate of drug-likeness (QED) is 0.508. The maximum absolute atomic E-state index is 13.9. The zero-order chi connectivity index (χ0) is 22.2. The van der Waals surface area contributed by atoms with E-state index in [0.717, 1.165) is 31.5 Å². The third-order valence-corrected chi connectivity index (χ3v) is 5.68. The molecule has 3 N–H and O–H groups in total. The Balaban J connectivity index is 1.58. The van der Waals surface area contributed by atoms with Crippen LogP contribution < -0.4 is 21.5 Å². The normalized spacial score (nSPS) is 16.4. The third kappa shape index (κ3) is 3.40. The van der Waals surface area contributed by atoms with Gasteiger partial charge >= 0.3 is 5.69 Å². The maximum atomic E-state index is 13.9. The van der Waals surface area contributed by atoms with E-state index in [1.807, 2.05) is 0 Å². The number of anilines is 1. The molecule has 3 heterocycles. The molecule has 164 valence electrons. The molecule has 0 amide bonds. The summed E-state index contributed by atoms with van der Waals surface area (Å²) in [7, 11) is 0. The van der Waals surface area contributed by atoms with Gasteiger partial charge in [-0.1, -0.05) is 6.07 Å². The Hall–Kier alpha value is -3.72. The van der Waals surface area contributed by atoms with Gasteiger partial charge in [0, 0.05) is 12.7 Å². The number of hydrogen-bond donors (Lipinski definition) is 2. The second-order valence-electron chi connectivity index (χ2n) is 7.70. The van der Waals surface area contributed by atoms with Gasteiger partial charge in [-0.05, 0) is 61.9 Å². The highest BCUT2D eigenvalue weighted by Crippen LogP contribution is 2.30. The summed E-state index contributed by atoms with van der Waals surface area (Å²) >= 11 is 0. The summed E-state index contributed by atoms with van der Waals surface area (Å²) in [5.41, 5.74) is 7.73. The van der Waals surface area contributed by atoms with Gasteiger partial charge in [-0.25, -0.2) is 18.6 Å². The monoisotopic (exact) mass is 437 g/mol. The summed E-state index contributed by atoms with van der Waals surface area (Å²) in [6, 6.07) is 11.7. The number of nitrogens with one attached hydrogen (secondary N) is 1. The predicted octanol–water partition coefficient (Wildman–Crippen LogP) is 3.76. The molecule has 0 saturated carbocycles. The molecule has 0 unspecified atom stereocenters. The number of para-hydroxylation sites is 1. The van der Waals surface area contributed by atoms with Crippen LogP contribution in [0.1, 0.15) is 18.9 Å². The van der Waals surface area contributed by atoms with Crippen molar-refractivity contribution in [3.05, 3.63) is 76.8 Å². The van der Waals surface area contributed by atoms with Crippen LogP contribution in [-0.4, -0.2) is 27.2 Å². The minimum atomic E-state index is -0.798. The molecule has 7 nitrogen and oxygen atoms in total. The third-order valence-electron chi connectivity index (χ3n) is 5.68. The Morgan fingerprint density at radius 1 is 1.09 bits per heavy atom. The maximum Gasteiger partial charge on any atom is 0.334 e. The first-order valence-electron chi connectivity index (χ1n) is 10.3. The predicted molar refractivity (Wildman–Crippen MR) is 117 cm³/mol. The molecule has 0 radical (unpaired) electrons. The van der Waals surface area contributed by atoms with E-state index < -0.39 is 17.4 Å². The molecule has 5 rings (SSSR count). The smallest absolute Gasteiger partial charge is 0.334 e. The zero-order valence-electron chi connectivity index (χ0n) is 17.1. The summed E-state index contributed by atoms with van der Waals surface area (Å²) in [5.74, 6) is -1.60. The highest BCUT2D eigenvalue weighted by atomic mass is 19.1. The molecular formula is C23H21F2N5O2. The highest BCUT2D eigenvalue weighted by Gasteiger charge is 2.24. The van der Waals surface area contributed by atoms with Gasteiger partial charge in [0.05, 0.1) is 17.2 Å². The summed E-state index contributed by atoms with van der Waals surface area (Å²) in [6.45, 7) is 1.62. The summed E-state index contributed by atoms with van der Waals surface area (Å²) in [5, 5.41) is 3.33. The molecular weight excluding hydrogens is 416 g/mol. The van der Waals surface area contributed by atoms with E-state index in [9.17, 15) is 13.6 Å². The SMILES string of the molecule is Nc1nccc2c1n(-c1ccc(Oc3c(F)cccc3F)cc1)c(=O)n2[C@@H]1CCCNC1. The topological polar surface area (TPSA) is 87.1 Å². The van der Waals surface area contributed by atoms with Crippen molar-refractivity contribution in [2.45, 2.75) is 18.9 Å². The standard InChI is InChI=1S/C23H21F2N5O2/c24-17-4-1-5-18(25)21(17)32-16-8-6-14(7-9-16)30-20-19(10-12-28-22(20)26)29(23(30)31)15-3-2-11-27-13-15/h1,4-10,12,15,27H,2-3,11,13H2,(H2,26,28)/t15-/m1/s1. The summed E-state index contributed by atoms with van der Waals surface area (Å²) in [4.78, 5) is 17.7. The number of ether oxygens (including phenoxy) is 1. The van der Waals surface area contributed by atoms with Crippen LogP contribution in [0, 0.1) is 11.6 Å². The number of pyridine rings is 1. The first-order valence-corrected chi connectivity index (χ1v) is 10.3. The van der Waals surface area contributed by atoms with E-state index in [-0.39, 0.29) is 23.3 Å². The van der Waals surface area contributed by atoms with Gasteiger partial charge in [-0.2, -0.15) is 0 Å². The molecule has 9 heteroatoms. The van der Waals surface area contributed by atoms with Crippen LogP contribution in [0.3, 0.4) is 0 Å². The van der Waals surface area contributed by atoms with Gasteiger partial charge in [0.1, 0.15) is 17.1 Å². The fourth-order valence-electron chi connectivity index (χ4n) is 4.20. The van der Waals surface area contributed by atoms with E-state index in [1.54, 1.807) is 41.1 Å². The number of hydrogen-bond acceptors (Lipinski definition) is 5. The molecule has 1 saturated heterocycles. The lowest BCUT2D eigenvalue weighted by Crippen LogP contribution is -2.36. The lowest BCUT2D eigenvalue weighted by molar-refractivity contribution is 0.370. The van der Waals surface area contributed by atoms with Gasteiger partial charge in [0.25, 0.3) is 0 Å². The molecule has 32 heavy (non-hydrogen) atoms. The molecule has 1 atom stereocenters. The van der Waals surface area contributed by atoms with Crippen LogP contribution in [-0.2, 0) is 0 Å². The number of nitrogens with zero attached hydrogens (tertiary/aromatic N) is 3. The van der Waals surface area contributed by atoms with E-state index in [4.69, 9.17) is 10.5 Å². The van der Waals surface area contributed by atoms with Crippen LogP contribution in [0.25, 0.3) is 16.7 Å². The average Bonchev–Trinajstić information content (AvgIpc) is 3.10. The van der Waals surface area contributed by atoms with Crippen molar-refractivity contribution in [2.24, 2.45) is 0 Å². The summed E-state index contributed by atoms with van der Waals surface area (Å²) < 4.78 is 36.4. The van der Waals surface area contributed by atoms with Crippen LogP contribution in [0.5, 0.6) is 11.5 Å². The van der Waals surface area contributed by atoms with Crippen LogP contribution in [0.4, 0.5) is 14.6 Å². The Bertz CT molecular complexity index is 1320. The molecule has 1 fully saturated rings. The van der Waals surface area contributed by atoms with Crippen molar-refractivity contribution in [3.8, 4) is 17.2 Å². The molecule has 1 aliphatic heterocycles. The Morgan fingerprint density at radius 2 is 1.84 bits per heavy atom. The molecule has 0 bridgehead atoms. The first-order chi connectivity index (χ1) is 15.5. The highest BCUT2D eigenvalue weighted by molar-refractivity contribution is 5.87. The van der Waals surface area contributed by atoms with Crippen molar-refractivity contribution >= 4 is 16.9 Å². The lowest BCUT2D eigenvalue weighted by Gasteiger charge is -2.23. The lowest BCUT2D eigenvalue weighted by atomic mass is 10.1. The van der Waals surface area contributed by atoms with Crippen molar-refractivity contribution in [3.63, 3.8) is 0 Å². The molecule has 0 spiro atoms. The van der Waals surface area contributed by atoms with E-state index in [0.29, 0.717) is 23.3 Å². The van der Waals surface area contributed by atoms with Crippen molar-refractivity contribution < 1.29 is 13.5 Å². The van der Waals surface area contributed by atoms with Gasteiger partial charge in [0.2, 0.25) is 0 Å². The number of imidazole rings is 1. The Morgan fingerprint density at radius 3 is 2.53 bits per heavy atom. The number of aromatic nitrogens is 3. The van der Waals surface area contributed by atoms with Crippen molar-refractivity contribution in [1.29, 1.82) is 0 Å². The van der Waals surface area contributed by atoms with E-state index in [2.05, 4.69) is 10.3 Å². The number of nitrogen functional groups attached to an aromatic ring is 1. The zero-order valence-corrected chi connectivity index (χ0v) is 17.1. The Labute approximate surface area is 182 Å². The average molecular weight is 437 g/mol.